The van der Waals surface area contributed by atoms with Crippen LogP contribution in [-0.4, -0.2) is 4.98 Å². The molecule has 6 rings (SSSR count). The van der Waals surface area contributed by atoms with Crippen LogP contribution in [0.3, 0.4) is 0 Å². The van der Waals surface area contributed by atoms with Crippen molar-refractivity contribution in [2.45, 2.75) is 0 Å². The number of aromatic nitrogens is 1. The molecule has 4 aromatic carbocycles. The molecule has 0 aliphatic heterocycles. The number of pyridine rings is 1. The first-order valence-electron chi connectivity index (χ1n) is 9.59. The van der Waals surface area contributed by atoms with E-state index in [-0.39, 0.29) is 0 Å². The summed E-state index contributed by atoms with van der Waals surface area (Å²) in [7, 11) is 0. The number of hydrogen-bond donors (Lipinski definition) is 0. The van der Waals surface area contributed by atoms with Crippen molar-refractivity contribution in [3.05, 3.63) is 103 Å². The fraction of sp³-hybridized carbons (Fsp3) is 0. The van der Waals surface area contributed by atoms with Gasteiger partial charge >= 0.3 is 0 Å². The standard InChI is InChI=1S/C27H17N/c1-3-10-18(11-4-1)24-26-22-15-8-7-14-20(22)21-16-9-17-23(25(21)26)28-27(24)19-12-5-2-6-13-19/h1-17H. The minimum Gasteiger partial charge on any atom is -0.247 e. The number of rotatable bonds is 2. The molecule has 0 N–H and O–H groups in total. The summed E-state index contributed by atoms with van der Waals surface area (Å²) >= 11 is 0. The van der Waals surface area contributed by atoms with Crippen molar-refractivity contribution >= 4 is 10.9 Å². The number of benzene rings is 4. The van der Waals surface area contributed by atoms with Gasteiger partial charge in [0.15, 0.2) is 0 Å². The monoisotopic (exact) mass is 355 g/mol. The van der Waals surface area contributed by atoms with Crippen molar-refractivity contribution in [3.63, 3.8) is 0 Å². The van der Waals surface area contributed by atoms with Crippen LogP contribution >= 0.6 is 0 Å². The highest BCUT2D eigenvalue weighted by Crippen LogP contribution is 2.52. The van der Waals surface area contributed by atoms with Crippen molar-refractivity contribution in [3.8, 4) is 44.6 Å². The van der Waals surface area contributed by atoms with Crippen LogP contribution in [0.15, 0.2) is 103 Å². The molecular weight excluding hydrogens is 338 g/mol. The molecule has 0 amide bonds. The minimum absolute atomic E-state index is 1.04. The maximum atomic E-state index is 5.17. The number of hydrogen-bond acceptors (Lipinski definition) is 1. The molecule has 0 fully saturated rings. The lowest BCUT2D eigenvalue weighted by atomic mass is 9.90. The van der Waals surface area contributed by atoms with E-state index in [1.54, 1.807) is 0 Å². The maximum Gasteiger partial charge on any atom is 0.0794 e. The fourth-order valence-corrected chi connectivity index (χ4v) is 4.44. The topological polar surface area (TPSA) is 12.9 Å². The third-order valence-electron chi connectivity index (χ3n) is 5.61. The molecule has 1 aliphatic rings. The molecule has 130 valence electrons. The van der Waals surface area contributed by atoms with Gasteiger partial charge in [-0.25, -0.2) is 4.98 Å². The highest BCUT2D eigenvalue weighted by molar-refractivity contribution is 6.19. The van der Waals surface area contributed by atoms with Crippen LogP contribution < -0.4 is 0 Å². The Balaban J connectivity index is 1.84. The zero-order valence-corrected chi connectivity index (χ0v) is 15.3. The van der Waals surface area contributed by atoms with Gasteiger partial charge in [0.2, 0.25) is 0 Å². The summed E-state index contributed by atoms with van der Waals surface area (Å²) in [5.74, 6) is 0. The Kier molecular flexibility index (Phi) is 3.24. The van der Waals surface area contributed by atoms with Gasteiger partial charge in [-0.15, -0.1) is 0 Å². The van der Waals surface area contributed by atoms with E-state index in [4.69, 9.17) is 4.98 Å². The SMILES string of the molecule is c1ccc(-c2nc3cccc4c3c(c2-c2ccccc2)-c2ccccc2-4)cc1. The molecule has 0 unspecified atom stereocenters. The van der Waals surface area contributed by atoms with Crippen LogP contribution in [0.1, 0.15) is 0 Å². The quantitative estimate of drug-likeness (QED) is 0.319. The van der Waals surface area contributed by atoms with E-state index in [0.717, 1.165) is 16.8 Å². The minimum atomic E-state index is 1.04. The summed E-state index contributed by atoms with van der Waals surface area (Å²) < 4.78 is 0. The van der Waals surface area contributed by atoms with Gasteiger partial charge in [0, 0.05) is 22.1 Å². The zero-order chi connectivity index (χ0) is 18.5. The second kappa shape index (κ2) is 5.90. The first kappa shape index (κ1) is 15.4. The van der Waals surface area contributed by atoms with Gasteiger partial charge in [0.05, 0.1) is 11.2 Å². The summed E-state index contributed by atoms with van der Waals surface area (Å²) in [6, 6.07) is 36.4. The Hall–Kier alpha value is -3.71. The number of nitrogens with zero attached hydrogens (tertiary/aromatic N) is 1. The normalized spacial score (nSPS) is 11.6. The van der Waals surface area contributed by atoms with E-state index in [2.05, 4.69) is 103 Å². The van der Waals surface area contributed by atoms with Crippen molar-refractivity contribution in [1.82, 2.24) is 4.98 Å². The van der Waals surface area contributed by atoms with Crippen LogP contribution in [0.4, 0.5) is 0 Å². The van der Waals surface area contributed by atoms with Crippen LogP contribution in [0.5, 0.6) is 0 Å². The van der Waals surface area contributed by atoms with Crippen molar-refractivity contribution in [1.29, 1.82) is 0 Å². The summed E-state index contributed by atoms with van der Waals surface area (Å²) in [5.41, 5.74) is 10.9. The van der Waals surface area contributed by atoms with Gasteiger partial charge in [-0.1, -0.05) is 97.1 Å². The largest absolute Gasteiger partial charge is 0.247 e. The second-order valence-corrected chi connectivity index (χ2v) is 7.19. The molecule has 1 aromatic heterocycles. The van der Waals surface area contributed by atoms with Gasteiger partial charge in [0.1, 0.15) is 0 Å². The molecule has 0 bridgehead atoms. The molecule has 1 heteroatoms. The molecule has 0 saturated carbocycles. The summed E-state index contributed by atoms with van der Waals surface area (Å²) in [4.78, 5) is 5.17. The Bertz CT molecular complexity index is 1340. The van der Waals surface area contributed by atoms with E-state index in [1.807, 2.05) is 0 Å². The summed E-state index contributed by atoms with van der Waals surface area (Å²) in [5, 5.41) is 1.27. The van der Waals surface area contributed by atoms with E-state index in [1.165, 1.54) is 38.8 Å². The van der Waals surface area contributed by atoms with Gasteiger partial charge in [-0.2, -0.15) is 0 Å². The van der Waals surface area contributed by atoms with Crippen LogP contribution in [0, 0.1) is 0 Å². The Morgan fingerprint density at radius 2 is 1.04 bits per heavy atom. The van der Waals surface area contributed by atoms with Gasteiger partial charge in [-0.05, 0) is 28.3 Å². The summed E-state index contributed by atoms with van der Waals surface area (Å²) in [6.07, 6.45) is 0. The third-order valence-corrected chi connectivity index (χ3v) is 5.61. The molecule has 0 spiro atoms. The molecule has 1 nitrogen and oxygen atoms in total. The van der Waals surface area contributed by atoms with Crippen LogP contribution in [0.2, 0.25) is 0 Å². The fourth-order valence-electron chi connectivity index (χ4n) is 4.44. The third kappa shape index (κ3) is 2.10. The molecule has 0 radical (unpaired) electrons. The lowest BCUT2D eigenvalue weighted by Crippen LogP contribution is -1.94. The van der Waals surface area contributed by atoms with Gasteiger partial charge in [0.25, 0.3) is 0 Å². The summed E-state index contributed by atoms with van der Waals surface area (Å²) in [6.45, 7) is 0. The molecule has 28 heavy (non-hydrogen) atoms. The number of fused-ring (bicyclic) bond motifs is 3. The lowest BCUT2D eigenvalue weighted by Gasteiger charge is -2.16. The Labute approximate surface area is 163 Å². The second-order valence-electron chi connectivity index (χ2n) is 7.19. The van der Waals surface area contributed by atoms with Crippen LogP contribution in [-0.2, 0) is 0 Å². The first-order chi connectivity index (χ1) is 13.9. The maximum absolute atomic E-state index is 5.17. The van der Waals surface area contributed by atoms with E-state index < -0.39 is 0 Å². The zero-order valence-electron chi connectivity index (χ0n) is 15.3. The Morgan fingerprint density at radius 1 is 0.429 bits per heavy atom. The molecular formula is C27H17N. The van der Waals surface area contributed by atoms with Crippen LogP contribution in [0.25, 0.3) is 55.5 Å². The lowest BCUT2D eigenvalue weighted by molar-refractivity contribution is 1.40. The highest BCUT2D eigenvalue weighted by atomic mass is 14.7. The van der Waals surface area contributed by atoms with Gasteiger partial charge in [-0.3, -0.25) is 0 Å². The predicted molar refractivity (Wildman–Crippen MR) is 117 cm³/mol. The molecule has 1 heterocycles. The molecule has 5 aromatic rings. The molecule has 0 atom stereocenters. The van der Waals surface area contributed by atoms with E-state index in [9.17, 15) is 0 Å². The Morgan fingerprint density at radius 3 is 1.79 bits per heavy atom. The van der Waals surface area contributed by atoms with E-state index >= 15 is 0 Å². The van der Waals surface area contributed by atoms with E-state index in [0.29, 0.717) is 0 Å². The average Bonchev–Trinajstić information content (AvgIpc) is 3.11. The molecule has 0 saturated heterocycles. The first-order valence-corrected chi connectivity index (χ1v) is 9.59. The smallest absolute Gasteiger partial charge is 0.0794 e. The highest BCUT2D eigenvalue weighted by Gasteiger charge is 2.27. The predicted octanol–water partition coefficient (Wildman–Crippen LogP) is 7.22. The van der Waals surface area contributed by atoms with Crippen molar-refractivity contribution in [2.24, 2.45) is 0 Å². The van der Waals surface area contributed by atoms with Crippen molar-refractivity contribution in [2.75, 3.05) is 0 Å². The molecule has 1 aliphatic carbocycles. The van der Waals surface area contributed by atoms with Gasteiger partial charge < -0.3 is 0 Å². The average molecular weight is 355 g/mol. The van der Waals surface area contributed by atoms with Crippen molar-refractivity contribution < 1.29 is 0 Å².